The van der Waals surface area contributed by atoms with Gasteiger partial charge >= 0.3 is 0 Å². The molecule has 1 aromatic heterocycles. The predicted octanol–water partition coefficient (Wildman–Crippen LogP) is 0.663. The van der Waals surface area contributed by atoms with Crippen LogP contribution in [0, 0.1) is 6.92 Å². The SMILES string of the molecule is [CH2]/C=c1/cccn/c1=C/C=C. The van der Waals surface area contributed by atoms with Gasteiger partial charge in [-0.3, -0.25) is 4.98 Å². The highest BCUT2D eigenvalue weighted by molar-refractivity contribution is 5.36. The van der Waals surface area contributed by atoms with Crippen molar-refractivity contribution >= 4 is 12.2 Å². The van der Waals surface area contributed by atoms with Crippen molar-refractivity contribution in [3.05, 3.63) is 48.5 Å². The molecular formula is C10H10N. The normalized spacial score (nSPS) is 13.5. The first-order valence-corrected chi connectivity index (χ1v) is 3.41. The van der Waals surface area contributed by atoms with E-state index < -0.39 is 0 Å². The Morgan fingerprint density at radius 1 is 1.45 bits per heavy atom. The van der Waals surface area contributed by atoms with Crippen molar-refractivity contribution in [3.8, 4) is 0 Å². The van der Waals surface area contributed by atoms with Crippen LogP contribution in [0.3, 0.4) is 0 Å². The lowest BCUT2D eigenvalue weighted by Crippen LogP contribution is -2.26. The maximum atomic E-state index is 4.14. The quantitative estimate of drug-likeness (QED) is 0.564. The lowest BCUT2D eigenvalue weighted by Gasteiger charge is -1.85. The third-order valence-corrected chi connectivity index (χ3v) is 1.37. The summed E-state index contributed by atoms with van der Waals surface area (Å²) >= 11 is 0. The molecule has 1 radical (unpaired) electrons. The van der Waals surface area contributed by atoms with Crippen LogP contribution in [0.15, 0.2) is 31.0 Å². The molecule has 0 atom stereocenters. The Hall–Kier alpha value is -1.37. The summed E-state index contributed by atoms with van der Waals surface area (Å²) in [5.41, 5.74) is 0. The summed E-state index contributed by atoms with van der Waals surface area (Å²) in [4.78, 5) is 4.14. The molecule has 1 aromatic rings. The van der Waals surface area contributed by atoms with Crippen LogP contribution in [0.1, 0.15) is 0 Å². The van der Waals surface area contributed by atoms with Crippen molar-refractivity contribution in [3.63, 3.8) is 0 Å². The minimum atomic E-state index is 0.914. The van der Waals surface area contributed by atoms with E-state index >= 15 is 0 Å². The second-order valence-electron chi connectivity index (χ2n) is 2.08. The van der Waals surface area contributed by atoms with Gasteiger partial charge in [0.25, 0.3) is 0 Å². The molecule has 1 heterocycles. The Kier molecular flexibility index (Phi) is 2.61. The van der Waals surface area contributed by atoms with Gasteiger partial charge in [-0.1, -0.05) is 24.8 Å². The van der Waals surface area contributed by atoms with Crippen molar-refractivity contribution in [1.29, 1.82) is 0 Å². The van der Waals surface area contributed by atoms with E-state index in [0.717, 1.165) is 10.6 Å². The molecule has 0 fully saturated rings. The maximum Gasteiger partial charge on any atom is 0.0698 e. The largest absolute Gasteiger partial charge is 0.256 e. The lowest BCUT2D eigenvalue weighted by molar-refractivity contribution is 1.22. The Labute approximate surface area is 66.4 Å². The molecule has 0 unspecified atom stereocenters. The zero-order valence-corrected chi connectivity index (χ0v) is 6.33. The summed E-state index contributed by atoms with van der Waals surface area (Å²) in [6, 6.07) is 3.85. The van der Waals surface area contributed by atoms with Gasteiger partial charge < -0.3 is 0 Å². The number of rotatable bonds is 1. The fraction of sp³-hybridized carbons (Fsp3) is 0. The van der Waals surface area contributed by atoms with Gasteiger partial charge in [0.15, 0.2) is 0 Å². The van der Waals surface area contributed by atoms with E-state index in [1.807, 2.05) is 18.2 Å². The highest BCUT2D eigenvalue weighted by Crippen LogP contribution is 1.67. The Morgan fingerprint density at radius 3 is 2.91 bits per heavy atom. The molecule has 0 aliphatic heterocycles. The summed E-state index contributed by atoms with van der Waals surface area (Å²) < 4.78 is 0. The monoisotopic (exact) mass is 144 g/mol. The minimum Gasteiger partial charge on any atom is -0.256 e. The molecule has 0 aliphatic rings. The fourth-order valence-corrected chi connectivity index (χ4v) is 0.853. The second kappa shape index (κ2) is 3.71. The molecule has 0 bridgehead atoms. The molecule has 0 spiro atoms. The second-order valence-corrected chi connectivity index (χ2v) is 2.08. The predicted molar refractivity (Wildman–Crippen MR) is 48.0 cm³/mol. The molecule has 55 valence electrons. The van der Waals surface area contributed by atoms with Crippen molar-refractivity contribution in [2.45, 2.75) is 0 Å². The Balaban J connectivity index is 3.48. The first kappa shape index (κ1) is 7.73. The van der Waals surface area contributed by atoms with Crippen LogP contribution in [0.4, 0.5) is 0 Å². The van der Waals surface area contributed by atoms with Gasteiger partial charge in [-0.2, -0.15) is 0 Å². The van der Waals surface area contributed by atoms with Gasteiger partial charge in [0.2, 0.25) is 0 Å². The van der Waals surface area contributed by atoms with Gasteiger partial charge in [-0.15, -0.1) is 0 Å². The molecule has 1 rings (SSSR count). The maximum absolute atomic E-state index is 4.14. The molecule has 11 heavy (non-hydrogen) atoms. The standard InChI is InChI=1S/C10H10N/c1-3-6-10-9(4-2)7-5-8-11-10/h3-8H,1-2H2/b9-4-,10-6+. The van der Waals surface area contributed by atoms with Crippen molar-refractivity contribution in [2.24, 2.45) is 0 Å². The molecule has 0 amide bonds. The van der Waals surface area contributed by atoms with Gasteiger partial charge in [0.05, 0.1) is 5.35 Å². The van der Waals surface area contributed by atoms with Gasteiger partial charge in [0, 0.05) is 6.20 Å². The molecule has 0 saturated carbocycles. The average Bonchev–Trinajstić information content (AvgIpc) is 2.06. The van der Waals surface area contributed by atoms with E-state index in [4.69, 9.17) is 0 Å². The summed E-state index contributed by atoms with van der Waals surface area (Å²) in [5, 5.41) is 1.95. The topological polar surface area (TPSA) is 12.9 Å². The third-order valence-electron chi connectivity index (χ3n) is 1.37. The zero-order chi connectivity index (χ0) is 8.10. The van der Waals surface area contributed by atoms with Gasteiger partial charge in [-0.05, 0) is 24.3 Å². The number of nitrogens with zero attached hydrogens (tertiary/aromatic N) is 1. The Bertz CT molecular complexity index is 349. The summed E-state index contributed by atoms with van der Waals surface area (Å²) in [6.45, 7) is 7.28. The fourth-order valence-electron chi connectivity index (χ4n) is 0.853. The number of aromatic nitrogens is 1. The average molecular weight is 144 g/mol. The molecular weight excluding hydrogens is 134 g/mol. The number of allylic oxidation sites excluding steroid dienone is 1. The molecule has 1 heteroatoms. The van der Waals surface area contributed by atoms with Crippen molar-refractivity contribution in [1.82, 2.24) is 4.98 Å². The van der Waals surface area contributed by atoms with Gasteiger partial charge in [-0.25, -0.2) is 0 Å². The van der Waals surface area contributed by atoms with Crippen LogP contribution in [0.5, 0.6) is 0 Å². The van der Waals surface area contributed by atoms with E-state index in [-0.39, 0.29) is 0 Å². The van der Waals surface area contributed by atoms with Gasteiger partial charge in [0.1, 0.15) is 0 Å². The molecule has 1 nitrogen and oxygen atoms in total. The molecule has 0 saturated heterocycles. The summed E-state index contributed by atoms with van der Waals surface area (Å²) in [7, 11) is 0. The van der Waals surface area contributed by atoms with Crippen LogP contribution in [0.25, 0.3) is 12.2 Å². The highest BCUT2D eigenvalue weighted by atomic mass is 14.6. The molecule has 0 aliphatic carbocycles. The van der Waals surface area contributed by atoms with Crippen LogP contribution in [-0.4, -0.2) is 4.98 Å². The minimum absolute atomic E-state index is 0.914. The lowest BCUT2D eigenvalue weighted by atomic mass is 10.3. The van der Waals surface area contributed by atoms with Crippen molar-refractivity contribution in [2.75, 3.05) is 0 Å². The molecule has 0 N–H and O–H groups in total. The first-order valence-electron chi connectivity index (χ1n) is 3.41. The van der Waals surface area contributed by atoms with Crippen molar-refractivity contribution < 1.29 is 0 Å². The van der Waals surface area contributed by atoms with Crippen LogP contribution < -0.4 is 10.6 Å². The summed E-state index contributed by atoms with van der Waals surface area (Å²) in [6.07, 6.45) is 7.11. The van der Waals surface area contributed by atoms with Crippen LogP contribution >= 0.6 is 0 Å². The van der Waals surface area contributed by atoms with Crippen LogP contribution in [0.2, 0.25) is 0 Å². The van der Waals surface area contributed by atoms with E-state index in [0.29, 0.717) is 0 Å². The van der Waals surface area contributed by atoms with E-state index in [1.54, 1.807) is 18.3 Å². The highest BCUT2D eigenvalue weighted by Gasteiger charge is 1.79. The zero-order valence-electron chi connectivity index (χ0n) is 6.33. The van der Waals surface area contributed by atoms with E-state index in [1.165, 1.54) is 0 Å². The molecule has 0 aromatic carbocycles. The Morgan fingerprint density at radius 2 is 2.27 bits per heavy atom. The number of hydrogen-bond donors (Lipinski definition) is 0. The van der Waals surface area contributed by atoms with E-state index in [9.17, 15) is 0 Å². The third kappa shape index (κ3) is 1.77. The first-order chi connectivity index (χ1) is 5.38. The smallest absolute Gasteiger partial charge is 0.0698 e. The number of hydrogen-bond acceptors (Lipinski definition) is 1. The summed E-state index contributed by atoms with van der Waals surface area (Å²) in [5.74, 6) is 0. The van der Waals surface area contributed by atoms with E-state index in [2.05, 4.69) is 18.5 Å². The number of pyridine rings is 1. The van der Waals surface area contributed by atoms with Crippen LogP contribution in [-0.2, 0) is 0 Å².